The quantitative estimate of drug-likeness (QED) is 0.896. The molecule has 1 aliphatic heterocycles. The number of nitrogens with zero attached hydrogens (tertiary/aromatic N) is 1. The predicted octanol–water partition coefficient (Wildman–Crippen LogP) is 2.92. The number of nitrogens with one attached hydrogen (secondary N) is 1. The Bertz CT molecular complexity index is 482. The minimum Gasteiger partial charge on any atom is -0.272 e. The molecular weight excluding hydrogens is 255 g/mol. The average Bonchev–Trinajstić information content (AvgIpc) is 2.66. The van der Waals surface area contributed by atoms with E-state index in [9.17, 15) is 9.18 Å². The second-order valence-electron chi connectivity index (χ2n) is 4.29. The average molecular weight is 269 g/mol. The van der Waals surface area contributed by atoms with Crippen LogP contribution in [-0.4, -0.2) is 11.6 Å². The SMILES string of the molecule is CCCC1=NNC(=O)[C@@H]1Cc1c(F)cccc1Cl. The second-order valence-corrected chi connectivity index (χ2v) is 4.69. The Kier molecular flexibility index (Phi) is 3.97. The van der Waals surface area contributed by atoms with Crippen LogP contribution >= 0.6 is 11.6 Å². The van der Waals surface area contributed by atoms with Gasteiger partial charge in [0.1, 0.15) is 5.82 Å². The summed E-state index contributed by atoms with van der Waals surface area (Å²) in [5, 5.41) is 4.35. The topological polar surface area (TPSA) is 41.5 Å². The van der Waals surface area contributed by atoms with Crippen molar-refractivity contribution < 1.29 is 9.18 Å². The molecule has 1 heterocycles. The Hall–Kier alpha value is -1.42. The third-order valence-corrected chi connectivity index (χ3v) is 3.36. The molecule has 1 atom stereocenters. The molecule has 0 aliphatic carbocycles. The Morgan fingerprint density at radius 2 is 2.28 bits per heavy atom. The fourth-order valence-electron chi connectivity index (χ4n) is 2.06. The molecule has 1 N–H and O–H groups in total. The third kappa shape index (κ3) is 2.53. The summed E-state index contributed by atoms with van der Waals surface area (Å²) in [4.78, 5) is 11.7. The Balaban J connectivity index is 2.22. The van der Waals surface area contributed by atoms with Gasteiger partial charge in [0.15, 0.2) is 0 Å². The molecule has 1 amide bonds. The first-order valence-corrected chi connectivity index (χ1v) is 6.30. The summed E-state index contributed by atoms with van der Waals surface area (Å²) in [5.74, 6) is -0.963. The number of carbonyl (C=O) groups excluding carboxylic acids is 1. The van der Waals surface area contributed by atoms with Crippen LogP contribution in [0.4, 0.5) is 4.39 Å². The van der Waals surface area contributed by atoms with Gasteiger partial charge >= 0.3 is 0 Å². The lowest BCUT2D eigenvalue weighted by Crippen LogP contribution is -2.25. The summed E-state index contributed by atoms with van der Waals surface area (Å²) < 4.78 is 13.7. The molecule has 0 saturated carbocycles. The number of halogens is 2. The molecule has 0 unspecified atom stereocenters. The summed E-state index contributed by atoms with van der Waals surface area (Å²) in [6.07, 6.45) is 1.89. The molecule has 1 aliphatic rings. The maximum atomic E-state index is 13.7. The summed E-state index contributed by atoms with van der Waals surface area (Å²) >= 11 is 5.97. The summed E-state index contributed by atoms with van der Waals surface area (Å²) in [7, 11) is 0. The van der Waals surface area contributed by atoms with Gasteiger partial charge in [-0.05, 0) is 25.0 Å². The van der Waals surface area contributed by atoms with Crippen LogP contribution in [-0.2, 0) is 11.2 Å². The van der Waals surface area contributed by atoms with Gasteiger partial charge in [-0.25, -0.2) is 9.82 Å². The van der Waals surface area contributed by atoms with Gasteiger partial charge in [0.25, 0.3) is 0 Å². The lowest BCUT2D eigenvalue weighted by atomic mass is 9.92. The monoisotopic (exact) mass is 268 g/mol. The highest BCUT2D eigenvalue weighted by Crippen LogP contribution is 2.25. The zero-order valence-corrected chi connectivity index (χ0v) is 10.8. The van der Waals surface area contributed by atoms with Crippen molar-refractivity contribution in [2.45, 2.75) is 26.2 Å². The van der Waals surface area contributed by atoms with E-state index in [1.165, 1.54) is 6.07 Å². The van der Waals surface area contributed by atoms with Crippen molar-refractivity contribution in [3.05, 3.63) is 34.6 Å². The minimum absolute atomic E-state index is 0.183. The second kappa shape index (κ2) is 5.48. The molecule has 96 valence electrons. The Labute approximate surface area is 110 Å². The van der Waals surface area contributed by atoms with Crippen LogP contribution in [0.3, 0.4) is 0 Å². The van der Waals surface area contributed by atoms with Crippen molar-refractivity contribution in [3.8, 4) is 0 Å². The van der Waals surface area contributed by atoms with Gasteiger partial charge in [-0.3, -0.25) is 4.79 Å². The van der Waals surface area contributed by atoms with Gasteiger partial charge in [0, 0.05) is 10.6 Å². The zero-order chi connectivity index (χ0) is 13.1. The van der Waals surface area contributed by atoms with Crippen molar-refractivity contribution in [2.75, 3.05) is 0 Å². The number of benzene rings is 1. The standard InChI is InChI=1S/C13H14ClFN2O/c1-2-4-12-9(13(18)17-16-12)7-8-10(14)5-3-6-11(8)15/h3,5-6,9H,2,4,7H2,1H3,(H,17,18)/t9-/m1/s1. The summed E-state index contributed by atoms with van der Waals surface area (Å²) in [5.41, 5.74) is 3.61. The van der Waals surface area contributed by atoms with Gasteiger partial charge in [-0.2, -0.15) is 5.10 Å². The molecule has 0 bridgehead atoms. The van der Waals surface area contributed by atoms with Crippen molar-refractivity contribution in [1.82, 2.24) is 5.43 Å². The number of rotatable bonds is 4. The molecule has 5 heteroatoms. The highest BCUT2D eigenvalue weighted by Gasteiger charge is 2.30. The highest BCUT2D eigenvalue weighted by atomic mass is 35.5. The molecule has 0 radical (unpaired) electrons. The first kappa shape index (κ1) is 13.0. The summed E-state index contributed by atoms with van der Waals surface area (Å²) in [6.45, 7) is 2.01. The lowest BCUT2D eigenvalue weighted by Gasteiger charge is -2.12. The van der Waals surface area contributed by atoms with E-state index < -0.39 is 5.92 Å². The van der Waals surface area contributed by atoms with Crippen LogP contribution < -0.4 is 5.43 Å². The number of amides is 1. The number of hydrogen-bond donors (Lipinski definition) is 1. The fraction of sp³-hybridized carbons (Fsp3) is 0.385. The van der Waals surface area contributed by atoms with Crippen molar-refractivity contribution in [3.63, 3.8) is 0 Å². The first-order chi connectivity index (χ1) is 8.63. The van der Waals surface area contributed by atoms with Crippen molar-refractivity contribution in [1.29, 1.82) is 0 Å². The van der Waals surface area contributed by atoms with E-state index in [0.29, 0.717) is 10.6 Å². The molecule has 1 aromatic carbocycles. The largest absolute Gasteiger partial charge is 0.272 e. The molecule has 0 spiro atoms. The molecule has 1 aromatic rings. The number of hydrogen-bond acceptors (Lipinski definition) is 2. The fourth-order valence-corrected chi connectivity index (χ4v) is 2.30. The van der Waals surface area contributed by atoms with Crippen LogP contribution in [0, 0.1) is 11.7 Å². The van der Waals surface area contributed by atoms with Crippen LogP contribution in [0.2, 0.25) is 5.02 Å². The smallest absolute Gasteiger partial charge is 0.249 e. The molecule has 0 aromatic heterocycles. The van der Waals surface area contributed by atoms with E-state index in [0.717, 1.165) is 18.6 Å². The molecule has 2 rings (SSSR count). The zero-order valence-electron chi connectivity index (χ0n) is 10.0. The normalized spacial score (nSPS) is 18.7. The van der Waals surface area contributed by atoms with Gasteiger partial charge in [0.05, 0.1) is 11.6 Å². The lowest BCUT2D eigenvalue weighted by molar-refractivity contribution is -0.122. The van der Waals surface area contributed by atoms with E-state index in [-0.39, 0.29) is 18.1 Å². The number of carbonyl (C=O) groups is 1. The van der Waals surface area contributed by atoms with Crippen LogP contribution in [0.1, 0.15) is 25.3 Å². The van der Waals surface area contributed by atoms with Crippen molar-refractivity contribution >= 4 is 23.2 Å². The van der Waals surface area contributed by atoms with E-state index in [1.807, 2.05) is 6.92 Å². The third-order valence-electron chi connectivity index (χ3n) is 3.00. The maximum absolute atomic E-state index is 13.7. The van der Waals surface area contributed by atoms with Crippen molar-refractivity contribution in [2.24, 2.45) is 11.0 Å². The van der Waals surface area contributed by atoms with Gasteiger partial charge in [-0.1, -0.05) is 31.0 Å². The first-order valence-electron chi connectivity index (χ1n) is 5.92. The van der Waals surface area contributed by atoms with E-state index >= 15 is 0 Å². The van der Waals surface area contributed by atoms with Crippen LogP contribution in [0.5, 0.6) is 0 Å². The van der Waals surface area contributed by atoms with Crippen LogP contribution in [0.15, 0.2) is 23.3 Å². The molecule has 18 heavy (non-hydrogen) atoms. The summed E-state index contributed by atoms with van der Waals surface area (Å²) in [6, 6.07) is 4.53. The van der Waals surface area contributed by atoms with Gasteiger partial charge < -0.3 is 0 Å². The predicted molar refractivity (Wildman–Crippen MR) is 69.1 cm³/mol. The highest BCUT2D eigenvalue weighted by molar-refractivity contribution is 6.31. The molecular formula is C13H14ClFN2O. The van der Waals surface area contributed by atoms with E-state index in [4.69, 9.17) is 11.6 Å². The van der Waals surface area contributed by atoms with Gasteiger partial charge in [0.2, 0.25) is 5.91 Å². The Morgan fingerprint density at radius 1 is 1.50 bits per heavy atom. The number of hydrazone groups is 1. The Morgan fingerprint density at radius 3 is 2.94 bits per heavy atom. The maximum Gasteiger partial charge on any atom is 0.249 e. The molecule has 0 saturated heterocycles. The van der Waals surface area contributed by atoms with E-state index in [2.05, 4.69) is 10.5 Å². The minimum atomic E-state index is -0.403. The van der Waals surface area contributed by atoms with Gasteiger partial charge in [-0.15, -0.1) is 0 Å². The molecule has 0 fully saturated rings. The van der Waals surface area contributed by atoms with E-state index in [1.54, 1.807) is 12.1 Å². The molecule has 3 nitrogen and oxygen atoms in total. The van der Waals surface area contributed by atoms with Crippen LogP contribution in [0.25, 0.3) is 0 Å².